The molecule has 3 rings (SSSR count). The Kier molecular flexibility index (Phi) is 5.43. The van der Waals surface area contributed by atoms with Crippen molar-refractivity contribution < 1.29 is 13.5 Å². The smallest absolute Gasteiger partial charge is 0.198 e. The summed E-state index contributed by atoms with van der Waals surface area (Å²) in [6, 6.07) is 10.8. The number of nitrogens with one attached hydrogen (secondary N) is 1. The van der Waals surface area contributed by atoms with Crippen LogP contribution in [0.25, 0.3) is 0 Å². The molecule has 1 atom stereocenters. The maximum absolute atomic E-state index is 14.8. The molecule has 0 unspecified atom stereocenters. The average Bonchev–Trinajstić information content (AvgIpc) is 2.60. The van der Waals surface area contributed by atoms with Crippen molar-refractivity contribution in [3.05, 3.63) is 59.7 Å². The van der Waals surface area contributed by atoms with Crippen LogP contribution in [0.2, 0.25) is 0 Å². The number of rotatable bonds is 5. The average molecular weight is 332 g/mol. The van der Waals surface area contributed by atoms with Gasteiger partial charge in [-0.1, -0.05) is 24.3 Å². The molecule has 0 aromatic heterocycles. The maximum Gasteiger partial charge on any atom is 0.198 e. The van der Waals surface area contributed by atoms with Crippen LogP contribution >= 0.6 is 0 Å². The van der Waals surface area contributed by atoms with E-state index in [1.54, 1.807) is 24.3 Å². The highest BCUT2D eigenvalue weighted by Gasteiger charge is 2.23. The van der Waals surface area contributed by atoms with Gasteiger partial charge in [0, 0.05) is 11.6 Å². The van der Waals surface area contributed by atoms with Crippen molar-refractivity contribution in [2.45, 2.75) is 25.3 Å². The van der Waals surface area contributed by atoms with E-state index in [0.717, 1.165) is 25.9 Å². The van der Waals surface area contributed by atoms with Gasteiger partial charge in [-0.2, -0.15) is 0 Å². The highest BCUT2D eigenvalue weighted by atomic mass is 19.1. The van der Waals surface area contributed by atoms with Crippen molar-refractivity contribution in [1.29, 1.82) is 0 Å². The molecule has 0 radical (unpaired) electrons. The Morgan fingerprint density at radius 1 is 1.08 bits per heavy atom. The molecule has 128 valence electrons. The molecule has 1 heterocycles. The van der Waals surface area contributed by atoms with Gasteiger partial charge >= 0.3 is 0 Å². The monoisotopic (exact) mass is 332 g/mol. The largest absolute Gasteiger partial charge is 0.451 e. The van der Waals surface area contributed by atoms with E-state index in [9.17, 15) is 8.78 Å². The van der Waals surface area contributed by atoms with Gasteiger partial charge in [-0.25, -0.2) is 8.78 Å². The summed E-state index contributed by atoms with van der Waals surface area (Å²) >= 11 is 0. The van der Waals surface area contributed by atoms with Crippen molar-refractivity contribution in [2.75, 3.05) is 13.1 Å². The van der Waals surface area contributed by atoms with Crippen molar-refractivity contribution in [3.8, 4) is 11.5 Å². The molecule has 1 aliphatic rings. The third kappa shape index (κ3) is 3.91. The van der Waals surface area contributed by atoms with E-state index in [0.29, 0.717) is 23.7 Å². The number of benzene rings is 2. The number of hydrogen-bond donors (Lipinski definition) is 2. The summed E-state index contributed by atoms with van der Waals surface area (Å²) in [4.78, 5) is 0. The topological polar surface area (TPSA) is 47.3 Å². The van der Waals surface area contributed by atoms with E-state index < -0.39 is 17.7 Å². The predicted octanol–water partition coefficient (Wildman–Crippen LogP) is 4.15. The van der Waals surface area contributed by atoms with E-state index in [4.69, 9.17) is 10.5 Å². The fourth-order valence-corrected chi connectivity index (χ4v) is 3.14. The molecule has 0 spiro atoms. The lowest BCUT2D eigenvalue weighted by atomic mass is 9.88. The highest BCUT2D eigenvalue weighted by Crippen LogP contribution is 2.34. The number of halogens is 2. The molecule has 3 nitrogen and oxygen atoms in total. The molecule has 0 saturated carbocycles. The van der Waals surface area contributed by atoms with Crippen LogP contribution in [0.4, 0.5) is 8.78 Å². The van der Waals surface area contributed by atoms with Crippen LogP contribution in [0.1, 0.15) is 30.9 Å². The SMILES string of the molecule is N[C@@H](CC1CCNCC1)c1ccc(F)c(Oc2ccccc2)c1F. The van der Waals surface area contributed by atoms with Gasteiger partial charge in [0.05, 0.1) is 0 Å². The van der Waals surface area contributed by atoms with Crippen LogP contribution < -0.4 is 15.8 Å². The van der Waals surface area contributed by atoms with Crippen LogP contribution in [-0.2, 0) is 0 Å². The van der Waals surface area contributed by atoms with Gasteiger partial charge in [-0.05, 0) is 56.5 Å². The Morgan fingerprint density at radius 2 is 1.79 bits per heavy atom. The molecule has 0 aliphatic carbocycles. The first kappa shape index (κ1) is 16.9. The molecule has 0 amide bonds. The molecular weight excluding hydrogens is 310 g/mol. The summed E-state index contributed by atoms with van der Waals surface area (Å²) < 4.78 is 34.2. The van der Waals surface area contributed by atoms with Gasteiger partial charge in [0.2, 0.25) is 0 Å². The zero-order valence-corrected chi connectivity index (χ0v) is 13.5. The molecule has 24 heavy (non-hydrogen) atoms. The predicted molar refractivity (Wildman–Crippen MR) is 90.0 cm³/mol. The van der Waals surface area contributed by atoms with Crippen molar-refractivity contribution in [3.63, 3.8) is 0 Å². The fraction of sp³-hybridized carbons (Fsp3) is 0.368. The zero-order chi connectivity index (χ0) is 16.9. The summed E-state index contributed by atoms with van der Waals surface area (Å²) in [5.74, 6) is -0.975. The summed E-state index contributed by atoms with van der Waals surface area (Å²) in [6.07, 6.45) is 2.75. The summed E-state index contributed by atoms with van der Waals surface area (Å²) in [5.41, 5.74) is 6.51. The van der Waals surface area contributed by atoms with Crippen LogP contribution in [0.5, 0.6) is 11.5 Å². The molecule has 5 heteroatoms. The van der Waals surface area contributed by atoms with Crippen molar-refractivity contribution >= 4 is 0 Å². The molecular formula is C19H22F2N2O. The summed E-state index contributed by atoms with van der Waals surface area (Å²) in [6.45, 7) is 1.93. The number of hydrogen-bond acceptors (Lipinski definition) is 3. The van der Waals surface area contributed by atoms with Gasteiger partial charge in [-0.15, -0.1) is 0 Å². The molecule has 1 aliphatic heterocycles. The molecule has 0 bridgehead atoms. The second kappa shape index (κ2) is 7.73. The van der Waals surface area contributed by atoms with Crippen LogP contribution in [-0.4, -0.2) is 13.1 Å². The van der Waals surface area contributed by atoms with Crippen LogP contribution in [0.15, 0.2) is 42.5 Å². The Bertz CT molecular complexity index is 673. The summed E-state index contributed by atoms with van der Waals surface area (Å²) in [7, 11) is 0. The van der Waals surface area contributed by atoms with Gasteiger partial charge in [-0.3, -0.25) is 0 Å². The lowest BCUT2D eigenvalue weighted by Gasteiger charge is -2.26. The normalized spacial score (nSPS) is 16.8. The minimum atomic E-state index is -0.728. The Hall–Kier alpha value is -1.98. The van der Waals surface area contributed by atoms with Crippen LogP contribution in [0.3, 0.4) is 0 Å². The van der Waals surface area contributed by atoms with Gasteiger partial charge < -0.3 is 15.8 Å². The quantitative estimate of drug-likeness (QED) is 0.865. The first-order chi connectivity index (χ1) is 11.6. The standard InChI is InChI=1S/C19H22F2N2O/c20-16-7-6-15(17(22)12-13-8-10-23-11-9-13)18(21)19(16)24-14-4-2-1-3-5-14/h1-7,13,17,23H,8-12,22H2/t17-/m0/s1. The first-order valence-electron chi connectivity index (χ1n) is 8.32. The summed E-state index contributed by atoms with van der Waals surface area (Å²) in [5, 5.41) is 3.30. The molecule has 2 aromatic carbocycles. The van der Waals surface area contributed by atoms with Gasteiger partial charge in [0.25, 0.3) is 0 Å². The molecule has 2 aromatic rings. The minimum absolute atomic E-state index is 0.306. The first-order valence-corrected chi connectivity index (χ1v) is 8.32. The number of ether oxygens (including phenoxy) is 1. The third-order valence-corrected chi connectivity index (χ3v) is 4.49. The highest BCUT2D eigenvalue weighted by molar-refractivity contribution is 5.38. The zero-order valence-electron chi connectivity index (χ0n) is 13.5. The Labute approximate surface area is 140 Å². The van der Waals surface area contributed by atoms with E-state index in [-0.39, 0.29) is 5.75 Å². The molecule has 3 N–H and O–H groups in total. The van der Waals surface area contributed by atoms with Gasteiger partial charge in [0.1, 0.15) is 5.75 Å². The van der Waals surface area contributed by atoms with Gasteiger partial charge in [0.15, 0.2) is 17.4 Å². The number of para-hydroxylation sites is 1. The molecule has 1 fully saturated rings. The third-order valence-electron chi connectivity index (χ3n) is 4.49. The van der Waals surface area contributed by atoms with Crippen molar-refractivity contribution in [1.82, 2.24) is 5.32 Å². The minimum Gasteiger partial charge on any atom is -0.451 e. The maximum atomic E-state index is 14.8. The molecule has 1 saturated heterocycles. The number of nitrogens with two attached hydrogens (primary N) is 1. The van der Waals surface area contributed by atoms with Crippen LogP contribution in [0, 0.1) is 17.6 Å². The lowest BCUT2D eigenvalue weighted by Crippen LogP contribution is -2.29. The fourth-order valence-electron chi connectivity index (χ4n) is 3.14. The van der Waals surface area contributed by atoms with E-state index >= 15 is 0 Å². The Balaban J connectivity index is 1.79. The van der Waals surface area contributed by atoms with E-state index in [1.807, 2.05) is 6.07 Å². The lowest BCUT2D eigenvalue weighted by molar-refractivity contribution is 0.328. The number of piperidine rings is 1. The Morgan fingerprint density at radius 3 is 2.50 bits per heavy atom. The second-order valence-electron chi connectivity index (χ2n) is 6.23. The van der Waals surface area contributed by atoms with E-state index in [2.05, 4.69) is 5.32 Å². The second-order valence-corrected chi connectivity index (χ2v) is 6.23. The van der Waals surface area contributed by atoms with E-state index in [1.165, 1.54) is 12.1 Å². The van der Waals surface area contributed by atoms with Crippen molar-refractivity contribution in [2.24, 2.45) is 11.7 Å².